The van der Waals surface area contributed by atoms with Crippen LogP contribution in [0.3, 0.4) is 0 Å². The molecule has 3 aromatic rings. The van der Waals surface area contributed by atoms with Crippen LogP contribution in [0, 0.1) is 5.82 Å². The van der Waals surface area contributed by atoms with Crippen molar-refractivity contribution < 1.29 is 8.91 Å². The quantitative estimate of drug-likeness (QED) is 0.739. The molecule has 0 aliphatic rings. The molecule has 0 aliphatic carbocycles. The monoisotopic (exact) mass is 276 g/mol. The lowest BCUT2D eigenvalue weighted by Crippen LogP contribution is -2.16. The number of rotatable bonds is 3. The van der Waals surface area contributed by atoms with Crippen LogP contribution in [0.4, 0.5) is 4.39 Å². The van der Waals surface area contributed by atoms with Crippen molar-refractivity contribution in [1.82, 2.24) is 9.72 Å². The predicted octanol–water partition coefficient (Wildman–Crippen LogP) is 2.75. The molecule has 19 heavy (non-hydrogen) atoms. The molecule has 96 valence electrons. The van der Waals surface area contributed by atoms with Gasteiger partial charge < -0.3 is 0 Å². The van der Waals surface area contributed by atoms with Gasteiger partial charge in [-0.3, -0.25) is 9.09 Å². The number of nitrogens with zero attached hydrogens (tertiary/aromatic N) is 2. The summed E-state index contributed by atoms with van der Waals surface area (Å²) >= 11 is 1.44. The van der Waals surface area contributed by atoms with Crippen LogP contribution < -0.4 is 5.76 Å². The van der Waals surface area contributed by atoms with E-state index >= 15 is 0 Å². The van der Waals surface area contributed by atoms with Crippen LogP contribution in [0.2, 0.25) is 0 Å². The standard InChI is InChI=1S/C13H9FN2O2S/c14-10-5-2-1-4-9(10)8-16-12(15-18-13(16)17)11-6-3-7-19-11/h1-7H,8H2. The topological polar surface area (TPSA) is 48.0 Å². The minimum absolute atomic E-state index is 0.0994. The van der Waals surface area contributed by atoms with Crippen molar-refractivity contribution in [2.45, 2.75) is 6.54 Å². The minimum Gasteiger partial charge on any atom is -0.295 e. The Morgan fingerprint density at radius 1 is 1.26 bits per heavy atom. The molecule has 0 bridgehead atoms. The van der Waals surface area contributed by atoms with Gasteiger partial charge in [0, 0.05) is 5.56 Å². The molecule has 0 aliphatic heterocycles. The maximum absolute atomic E-state index is 13.6. The highest BCUT2D eigenvalue weighted by Crippen LogP contribution is 2.22. The maximum Gasteiger partial charge on any atom is 0.442 e. The molecule has 0 unspecified atom stereocenters. The molecule has 0 radical (unpaired) electrons. The van der Waals surface area contributed by atoms with Crippen LogP contribution in [-0.4, -0.2) is 9.72 Å². The van der Waals surface area contributed by atoms with E-state index in [0.717, 1.165) is 4.88 Å². The first-order valence-electron chi connectivity index (χ1n) is 5.59. The van der Waals surface area contributed by atoms with Crippen molar-refractivity contribution in [2.24, 2.45) is 0 Å². The van der Waals surface area contributed by atoms with E-state index in [9.17, 15) is 9.18 Å². The summed E-state index contributed by atoms with van der Waals surface area (Å²) in [5, 5.41) is 5.62. The summed E-state index contributed by atoms with van der Waals surface area (Å²) < 4.78 is 19.6. The molecule has 0 spiro atoms. The Morgan fingerprint density at radius 2 is 2.11 bits per heavy atom. The van der Waals surface area contributed by atoms with Crippen molar-refractivity contribution in [3.63, 3.8) is 0 Å². The Hall–Kier alpha value is -2.21. The summed E-state index contributed by atoms with van der Waals surface area (Å²) in [5.41, 5.74) is 0.422. The summed E-state index contributed by atoms with van der Waals surface area (Å²) in [4.78, 5) is 12.5. The molecule has 0 N–H and O–H groups in total. The van der Waals surface area contributed by atoms with E-state index in [-0.39, 0.29) is 12.4 Å². The Labute approximate surface area is 111 Å². The van der Waals surface area contributed by atoms with Crippen LogP contribution in [0.1, 0.15) is 5.56 Å². The van der Waals surface area contributed by atoms with E-state index in [1.807, 2.05) is 17.5 Å². The third-order valence-corrected chi connectivity index (χ3v) is 3.58. The second-order valence-corrected chi connectivity index (χ2v) is 4.87. The molecule has 3 rings (SSSR count). The maximum atomic E-state index is 13.6. The molecule has 6 heteroatoms. The largest absolute Gasteiger partial charge is 0.442 e. The highest BCUT2D eigenvalue weighted by Gasteiger charge is 2.15. The van der Waals surface area contributed by atoms with E-state index < -0.39 is 5.76 Å². The van der Waals surface area contributed by atoms with Gasteiger partial charge in [0.1, 0.15) is 5.82 Å². The molecular weight excluding hydrogens is 267 g/mol. The number of halogens is 1. The Morgan fingerprint density at radius 3 is 2.84 bits per heavy atom. The lowest BCUT2D eigenvalue weighted by molar-refractivity contribution is 0.378. The van der Waals surface area contributed by atoms with Crippen molar-refractivity contribution in [1.29, 1.82) is 0 Å². The molecule has 2 heterocycles. The molecule has 2 aromatic heterocycles. The van der Waals surface area contributed by atoms with Gasteiger partial charge in [-0.1, -0.05) is 29.4 Å². The molecule has 0 saturated heterocycles. The Bertz CT molecular complexity index is 746. The van der Waals surface area contributed by atoms with Gasteiger partial charge in [0.05, 0.1) is 11.4 Å². The zero-order chi connectivity index (χ0) is 13.2. The van der Waals surface area contributed by atoms with Gasteiger partial charge in [-0.05, 0) is 17.5 Å². The number of hydrogen-bond donors (Lipinski definition) is 0. The van der Waals surface area contributed by atoms with E-state index in [4.69, 9.17) is 0 Å². The Balaban J connectivity index is 2.05. The molecule has 0 saturated carbocycles. The van der Waals surface area contributed by atoms with Crippen molar-refractivity contribution in [3.05, 3.63) is 63.7 Å². The fraction of sp³-hybridized carbons (Fsp3) is 0.0769. The van der Waals surface area contributed by atoms with Crippen molar-refractivity contribution in [2.75, 3.05) is 0 Å². The van der Waals surface area contributed by atoms with Crippen LogP contribution >= 0.6 is 11.3 Å². The number of aromatic nitrogens is 2. The van der Waals surface area contributed by atoms with Crippen molar-refractivity contribution in [3.8, 4) is 10.7 Å². The molecule has 0 fully saturated rings. The second-order valence-electron chi connectivity index (χ2n) is 3.93. The van der Waals surface area contributed by atoms with Crippen LogP contribution in [0.5, 0.6) is 0 Å². The third kappa shape index (κ3) is 2.22. The van der Waals surface area contributed by atoms with Crippen LogP contribution in [0.25, 0.3) is 10.7 Å². The van der Waals surface area contributed by atoms with Crippen molar-refractivity contribution >= 4 is 11.3 Å². The lowest BCUT2D eigenvalue weighted by Gasteiger charge is -2.04. The Kier molecular flexibility index (Phi) is 3.00. The average Bonchev–Trinajstić information content (AvgIpc) is 3.03. The van der Waals surface area contributed by atoms with Gasteiger partial charge in [0.15, 0.2) is 5.82 Å². The highest BCUT2D eigenvalue weighted by atomic mass is 32.1. The molecule has 4 nitrogen and oxygen atoms in total. The highest BCUT2D eigenvalue weighted by molar-refractivity contribution is 7.13. The summed E-state index contributed by atoms with van der Waals surface area (Å²) in [6.45, 7) is 0.0994. The lowest BCUT2D eigenvalue weighted by atomic mass is 10.2. The van der Waals surface area contributed by atoms with Crippen LogP contribution in [-0.2, 0) is 6.54 Å². The molecule has 0 atom stereocenters. The summed E-state index contributed by atoms with van der Waals surface area (Å²) in [5.74, 6) is -0.525. The fourth-order valence-electron chi connectivity index (χ4n) is 1.79. The number of hydrogen-bond acceptors (Lipinski definition) is 4. The average molecular weight is 276 g/mol. The molecular formula is C13H9FN2O2S. The normalized spacial score (nSPS) is 10.8. The van der Waals surface area contributed by atoms with Gasteiger partial charge in [-0.15, -0.1) is 11.3 Å². The van der Waals surface area contributed by atoms with Crippen LogP contribution in [0.15, 0.2) is 51.1 Å². The number of benzene rings is 1. The molecule has 0 amide bonds. The van der Waals surface area contributed by atoms with Gasteiger partial charge >= 0.3 is 5.76 Å². The third-order valence-electron chi connectivity index (χ3n) is 2.71. The van der Waals surface area contributed by atoms with E-state index in [2.05, 4.69) is 9.68 Å². The number of thiophene rings is 1. The summed E-state index contributed by atoms with van der Waals surface area (Å²) in [7, 11) is 0. The zero-order valence-electron chi connectivity index (χ0n) is 9.75. The van der Waals surface area contributed by atoms with Gasteiger partial charge in [-0.25, -0.2) is 9.18 Å². The molecule has 1 aromatic carbocycles. The SMILES string of the molecule is O=c1onc(-c2cccs2)n1Cc1ccccc1F. The first-order chi connectivity index (χ1) is 9.25. The van der Waals surface area contributed by atoms with Gasteiger partial charge in [-0.2, -0.15) is 0 Å². The first kappa shape index (κ1) is 11.9. The smallest absolute Gasteiger partial charge is 0.295 e. The van der Waals surface area contributed by atoms with Gasteiger partial charge in [0.25, 0.3) is 0 Å². The minimum atomic E-state index is -0.591. The first-order valence-corrected chi connectivity index (χ1v) is 6.47. The van der Waals surface area contributed by atoms with Gasteiger partial charge in [0.2, 0.25) is 0 Å². The zero-order valence-corrected chi connectivity index (χ0v) is 10.6. The summed E-state index contributed by atoms with van der Waals surface area (Å²) in [6.07, 6.45) is 0. The van der Waals surface area contributed by atoms with E-state index in [1.54, 1.807) is 18.2 Å². The van der Waals surface area contributed by atoms with E-state index in [1.165, 1.54) is 22.0 Å². The van der Waals surface area contributed by atoms with E-state index in [0.29, 0.717) is 11.4 Å². The fourth-order valence-corrected chi connectivity index (χ4v) is 2.50. The second kappa shape index (κ2) is 4.81. The predicted molar refractivity (Wildman–Crippen MR) is 69.6 cm³/mol. The summed E-state index contributed by atoms with van der Waals surface area (Å²) in [6, 6.07) is 10.0.